The number of nitrogens with zero attached hydrogens (tertiary/aromatic N) is 1. The van der Waals surface area contributed by atoms with E-state index in [1.165, 1.54) is 6.92 Å². The summed E-state index contributed by atoms with van der Waals surface area (Å²) in [6.45, 7) is 7.73. The molecule has 0 aromatic rings. The fraction of sp³-hybridized carbons (Fsp3) is 0.800. The van der Waals surface area contributed by atoms with Gasteiger partial charge in [0.1, 0.15) is 6.61 Å². The maximum absolute atomic E-state index is 11.4. The summed E-state index contributed by atoms with van der Waals surface area (Å²) in [5, 5.41) is 0. The van der Waals surface area contributed by atoms with E-state index in [1.807, 2.05) is 20.8 Å². The quantitative estimate of drug-likeness (QED) is 0.649. The van der Waals surface area contributed by atoms with Gasteiger partial charge in [0.25, 0.3) is 0 Å². The lowest BCUT2D eigenvalue weighted by atomic mass is 10.1. The maximum atomic E-state index is 11.4. The van der Waals surface area contributed by atoms with Crippen LogP contribution >= 0.6 is 0 Å². The second kappa shape index (κ2) is 4.08. The molecule has 5 nitrogen and oxygen atoms in total. The average Bonchev–Trinajstić information content (AvgIpc) is 2.42. The van der Waals surface area contributed by atoms with Crippen molar-refractivity contribution in [3.63, 3.8) is 0 Å². The first-order valence-electron chi connectivity index (χ1n) is 4.92. The molecule has 1 saturated heterocycles. The second-order valence-electron chi connectivity index (χ2n) is 4.59. The fourth-order valence-electron chi connectivity index (χ4n) is 1.37. The number of amides is 1. The Hall–Kier alpha value is -1.26. The Morgan fingerprint density at radius 3 is 2.60 bits per heavy atom. The summed E-state index contributed by atoms with van der Waals surface area (Å²) < 4.78 is 9.85. The van der Waals surface area contributed by atoms with Crippen LogP contribution in [-0.2, 0) is 14.3 Å². The van der Waals surface area contributed by atoms with Crippen LogP contribution in [0, 0.1) is 0 Å². The SMILES string of the molecule is CC(=O)OCC1CN(C(C)(C)C)C(=O)O1. The number of ether oxygens (including phenoxy) is 2. The predicted octanol–water partition coefficient (Wildman–Crippen LogP) is 1.17. The van der Waals surface area contributed by atoms with Crippen LogP contribution in [0.15, 0.2) is 0 Å². The Kier molecular flexibility index (Phi) is 3.21. The Bertz CT molecular complexity index is 269. The van der Waals surface area contributed by atoms with E-state index in [1.54, 1.807) is 4.90 Å². The summed E-state index contributed by atoms with van der Waals surface area (Å²) in [4.78, 5) is 23.6. The normalized spacial score (nSPS) is 21.5. The van der Waals surface area contributed by atoms with Crippen LogP contribution in [-0.4, -0.2) is 41.8 Å². The number of carbonyl (C=O) groups excluding carboxylic acids is 2. The fourth-order valence-corrected chi connectivity index (χ4v) is 1.37. The minimum atomic E-state index is -0.361. The molecule has 1 fully saturated rings. The molecular formula is C10H17NO4. The molecule has 1 atom stereocenters. The Labute approximate surface area is 89.3 Å². The number of hydrogen-bond donors (Lipinski definition) is 0. The van der Waals surface area contributed by atoms with Crippen LogP contribution < -0.4 is 0 Å². The van der Waals surface area contributed by atoms with Crippen molar-refractivity contribution in [3.05, 3.63) is 0 Å². The smallest absolute Gasteiger partial charge is 0.410 e. The summed E-state index contributed by atoms with van der Waals surface area (Å²) in [6.07, 6.45) is -0.694. The van der Waals surface area contributed by atoms with Crippen molar-refractivity contribution in [2.45, 2.75) is 39.3 Å². The van der Waals surface area contributed by atoms with Crippen molar-refractivity contribution >= 4 is 12.1 Å². The van der Waals surface area contributed by atoms with Crippen molar-refractivity contribution in [2.24, 2.45) is 0 Å². The zero-order valence-corrected chi connectivity index (χ0v) is 9.57. The first-order chi connectivity index (χ1) is 6.80. The van der Waals surface area contributed by atoms with Gasteiger partial charge >= 0.3 is 12.1 Å². The van der Waals surface area contributed by atoms with E-state index in [9.17, 15) is 9.59 Å². The monoisotopic (exact) mass is 215 g/mol. The van der Waals surface area contributed by atoms with Crippen molar-refractivity contribution in [1.82, 2.24) is 4.90 Å². The molecule has 1 unspecified atom stereocenters. The summed E-state index contributed by atoms with van der Waals surface area (Å²) in [5.74, 6) is -0.361. The summed E-state index contributed by atoms with van der Waals surface area (Å²) in [5.41, 5.74) is -0.262. The van der Waals surface area contributed by atoms with E-state index in [4.69, 9.17) is 9.47 Å². The highest BCUT2D eigenvalue weighted by Crippen LogP contribution is 2.21. The maximum Gasteiger partial charge on any atom is 0.410 e. The number of esters is 1. The summed E-state index contributed by atoms with van der Waals surface area (Å²) in [6, 6.07) is 0. The molecule has 0 aromatic carbocycles. The zero-order valence-electron chi connectivity index (χ0n) is 9.57. The minimum absolute atomic E-state index is 0.133. The third-order valence-electron chi connectivity index (χ3n) is 2.16. The third-order valence-corrected chi connectivity index (χ3v) is 2.16. The lowest BCUT2D eigenvalue weighted by Gasteiger charge is -2.29. The van der Waals surface area contributed by atoms with Crippen LogP contribution in [0.3, 0.4) is 0 Å². The highest BCUT2D eigenvalue weighted by Gasteiger charge is 2.38. The summed E-state index contributed by atoms with van der Waals surface area (Å²) in [7, 11) is 0. The van der Waals surface area contributed by atoms with Crippen LogP contribution in [0.25, 0.3) is 0 Å². The molecule has 0 aromatic heterocycles. The molecule has 0 bridgehead atoms. The molecule has 1 heterocycles. The molecule has 0 saturated carbocycles. The summed E-state index contributed by atoms with van der Waals surface area (Å²) >= 11 is 0. The van der Waals surface area contributed by atoms with Crippen LogP contribution in [0.5, 0.6) is 0 Å². The van der Waals surface area contributed by atoms with Gasteiger partial charge in [-0.15, -0.1) is 0 Å². The van der Waals surface area contributed by atoms with Crippen molar-refractivity contribution < 1.29 is 19.1 Å². The topological polar surface area (TPSA) is 55.8 Å². The number of rotatable bonds is 2. The lowest BCUT2D eigenvalue weighted by Crippen LogP contribution is -2.42. The molecule has 0 spiro atoms. The van der Waals surface area contributed by atoms with Gasteiger partial charge in [0.2, 0.25) is 0 Å². The van der Waals surface area contributed by atoms with E-state index in [2.05, 4.69) is 0 Å². The molecule has 1 aliphatic heterocycles. The van der Waals surface area contributed by atoms with Gasteiger partial charge in [-0.3, -0.25) is 9.69 Å². The first-order valence-corrected chi connectivity index (χ1v) is 4.92. The van der Waals surface area contributed by atoms with E-state index in [0.717, 1.165) is 0 Å². The van der Waals surface area contributed by atoms with Gasteiger partial charge in [0, 0.05) is 12.5 Å². The van der Waals surface area contributed by atoms with Crippen molar-refractivity contribution in [1.29, 1.82) is 0 Å². The zero-order chi connectivity index (χ0) is 11.6. The molecular weight excluding hydrogens is 198 g/mol. The van der Waals surface area contributed by atoms with E-state index >= 15 is 0 Å². The third kappa shape index (κ3) is 3.11. The van der Waals surface area contributed by atoms with Crippen LogP contribution in [0.1, 0.15) is 27.7 Å². The highest BCUT2D eigenvalue weighted by molar-refractivity contribution is 5.71. The second-order valence-corrected chi connectivity index (χ2v) is 4.59. The predicted molar refractivity (Wildman–Crippen MR) is 53.4 cm³/mol. The van der Waals surface area contributed by atoms with E-state index in [0.29, 0.717) is 6.54 Å². The number of carbonyl (C=O) groups is 2. The van der Waals surface area contributed by atoms with E-state index < -0.39 is 0 Å². The van der Waals surface area contributed by atoms with Crippen molar-refractivity contribution in [2.75, 3.05) is 13.2 Å². The number of hydrogen-bond acceptors (Lipinski definition) is 4. The molecule has 86 valence electrons. The molecule has 5 heteroatoms. The van der Waals surface area contributed by atoms with Crippen LogP contribution in [0.2, 0.25) is 0 Å². The van der Waals surface area contributed by atoms with Gasteiger partial charge < -0.3 is 9.47 Å². The minimum Gasteiger partial charge on any atom is -0.462 e. The van der Waals surface area contributed by atoms with E-state index in [-0.39, 0.29) is 30.3 Å². The van der Waals surface area contributed by atoms with Gasteiger partial charge in [-0.05, 0) is 20.8 Å². The molecule has 0 N–H and O–H groups in total. The van der Waals surface area contributed by atoms with Crippen molar-refractivity contribution in [3.8, 4) is 0 Å². The molecule has 0 aliphatic carbocycles. The Balaban J connectivity index is 2.49. The number of cyclic esters (lactones) is 1. The molecule has 0 radical (unpaired) electrons. The average molecular weight is 215 g/mol. The Morgan fingerprint density at radius 2 is 2.20 bits per heavy atom. The molecule has 15 heavy (non-hydrogen) atoms. The lowest BCUT2D eigenvalue weighted by molar-refractivity contribution is -0.143. The van der Waals surface area contributed by atoms with Crippen LogP contribution in [0.4, 0.5) is 4.79 Å². The first kappa shape index (κ1) is 11.8. The Morgan fingerprint density at radius 1 is 1.60 bits per heavy atom. The van der Waals surface area contributed by atoms with Gasteiger partial charge in [-0.1, -0.05) is 0 Å². The van der Waals surface area contributed by atoms with Gasteiger partial charge in [-0.2, -0.15) is 0 Å². The molecule has 1 aliphatic rings. The van der Waals surface area contributed by atoms with Gasteiger partial charge in [0.15, 0.2) is 6.10 Å². The van der Waals surface area contributed by atoms with Gasteiger partial charge in [-0.25, -0.2) is 4.79 Å². The standard InChI is InChI=1S/C10H17NO4/c1-7(12)14-6-8-5-11(9(13)15-8)10(2,3)4/h8H,5-6H2,1-4H3. The highest BCUT2D eigenvalue weighted by atomic mass is 16.6. The van der Waals surface area contributed by atoms with Gasteiger partial charge in [0.05, 0.1) is 6.54 Å². The largest absolute Gasteiger partial charge is 0.462 e. The molecule has 1 amide bonds. The molecule has 1 rings (SSSR count).